The highest BCUT2D eigenvalue weighted by Gasteiger charge is 2.40. The first-order chi connectivity index (χ1) is 8.13. The van der Waals surface area contributed by atoms with Gasteiger partial charge in [0.15, 0.2) is 0 Å². The van der Waals surface area contributed by atoms with Gasteiger partial charge in [-0.25, -0.2) is 22.3 Å². The van der Waals surface area contributed by atoms with Gasteiger partial charge >= 0.3 is 12.3 Å². The maximum atomic E-state index is 12.5. The number of furan rings is 1. The lowest BCUT2D eigenvalue weighted by atomic mass is 10.3. The summed E-state index contributed by atoms with van der Waals surface area (Å²) >= 11 is 0. The second kappa shape index (κ2) is 5.24. The molecular formula is C8H10F4N2O3S. The van der Waals surface area contributed by atoms with Crippen LogP contribution in [0.25, 0.3) is 0 Å². The van der Waals surface area contributed by atoms with Crippen molar-refractivity contribution < 1.29 is 30.4 Å². The van der Waals surface area contributed by atoms with Crippen molar-refractivity contribution in [2.24, 2.45) is 5.14 Å². The fourth-order valence-electron chi connectivity index (χ4n) is 1.04. The van der Waals surface area contributed by atoms with Gasteiger partial charge in [-0.2, -0.15) is 8.78 Å². The molecule has 0 radical (unpaired) electrons. The van der Waals surface area contributed by atoms with E-state index in [4.69, 9.17) is 9.56 Å². The Labute approximate surface area is 100.0 Å². The molecule has 104 valence electrons. The molecule has 1 heterocycles. The van der Waals surface area contributed by atoms with E-state index in [0.29, 0.717) is 0 Å². The lowest BCUT2D eigenvalue weighted by Crippen LogP contribution is -2.38. The largest absolute Gasteiger partial charge is 0.447 e. The number of halogens is 4. The minimum Gasteiger partial charge on any atom is -0.447 e. The van der Waals surface area contributed by atoms with Gasteiger partial charge in [-0.15, -0.1) is 0 Å². The Balaban J connectivity index is 2.53. The number of nitrogens with one attached hydrogen (secondary N) is 1. The van der Waals surface area contributed by atoms with E-state index in [0.717, 1.165) is 6.07 Å². The average molecular weight is 290 g/mol. The van der Waals surface area contributed by atoms with E-state index in [2.05, 4.69) is 0 Å². The summed E-state index contributed by atoms with van der Waals surface area (Å²) in [6, 6.07) is 2.23. The van der Waals surface area contributed by atoms with Gasteiger partial charge in [0, 0.05) is 0 Å². The smallest absolute Gasteiger partial charge is 0.319 e. The molecule has 0 amide bonds. The summed E-state index contributed by atoms with van der Waals surface area (Å²) in [6.45, 7) is -1.58. The fraction of sp³-hybridized carbons (Fsp3) is 0.500. The molecule has 0 bridgehead atoms. The van der Waals surface area contributed by atoms with E-state index in [1.54, 1.807) is 0 Å². The number of hydrogen-bond acceptors (Lipinski definition) is 4. The van der Waals surface area contributed by atoms with Crippen LogP contribution < -0.4 is 10.5 Å². The second-order valence-corrected chi connectivity index (χ2v) is 4.92. The third-order valence-corrected chi connectivity index (χ3v) is 2.68. The monoisotopic (exact) mass is 290 g/mol. The first-order valence-corrected chi connectivity index (χ1v) is 6.16. The molecule has 0 fully saturated rings. The summed E-state index contributed by atoms with van der Waals surface area (Å²) in [7, 11) is -4.01. The molecule has 0 saturated heterocycles. The molecule has 0 aliphatic carbocycles. The molecule has 1 aromatic heterocycles. The molecule has 0 spiro atoms. The van der Waals surface area contributed by atoms with Crippen molar-refractivity contribution >= 4 is 10.0 Å². The molecule has 3 N–H and O–H groups in total. The van der Waals surface area contributed by atoms with Crippen molar-refractivity contribution in [2.45, 2.75) is 24.0 Å². The Bertz CT molecular complexity index is 500. The predicted molar refractivity (Wildman–Crippen MR) is 52.7 cm³/mol. The number of primary sulfonamides is 1. The van der Waals surface area contributed by atoms with E-state index in [9.17, 15) is 26.0 Å². The first-order valence-electron chi connectivity index (χ1n) is 4.61. The zero-order valence-corrected chi connectivity index (χ0v) is 9.68. The van der Waals surface area contributed by atoms with Crippen LogP contribution in [0.15, 0.2) is 21.6 Å². The number of nitrogens with two attached hydrogens (primary N) is 1. The Kier molecular flexibility index (Phi) is 4.35. The standard InChI is InChI=1S/C8H10F4N2O3S/c9-7(10)8(11,12)4-14-3-5-1-2-6(17-5)18(13,15)16/h1-2,7,14H,3-4H2,(H2,13,15,16). The van der Waals surface area contributed by atoms with E-state index in [1.807, 2.05) is 5.32 Å². The average Bonchev–Trinajstić information content (AvgIpc) is 2.65. The lowest BCUT2D eigenvalue weighted by Gasteiger charge is -2.15. The molecular weight excluding hydrogens is 280 g/mol. The summed E-state index contributed by atoms with van der Waals surface area (Å²) in [6.07, 6.45) is -3.78. The van der Waals surface area contributed by atoms with Gasteiger partial charge in [0.2, 0.25) is 5.09 Å². The Morgan fingerprint density at radius 2 is 2.00 bits per heavy atom. The van der Waals surface area contributed by atoms with Crippen LogP contribution in [0.3, 0.4) is 0 Å². The Morgan fingerprint density at radius 1 is 1.39 bits per heavy atom. The van der Waals surface area contributed by atoms with Crippen LogP contribution in [-0.4, -0.2) is 27.3 Å². The topological polar surface area (TPSA) is 85.3 Å². The van der Waals surface area contributed by atoms with Crippen molar-refractivity contribution in [1.82, 2.24) is 5.32 Å². The summed E-state index contributed by atoms with van der Waals surface area (Å²) in [5, 5.41) is 6.25. The molecule has 1 rings (SSSR count). The zero-order valence-electron chi connectivity index (χ0n) is 8.87. The van der Waals surface area contributed by atoms with Crippen LogP contribution in [0.2, 0.25) is 0 Å². The van der Waals surface area contributed by atoms with Crippen molar-refractivity contribution in [1.29, 1.82) is 0 Å². The Hall–Kier alpha value is -1.13. The molecule has 10 heteroatoms. The van der Waals surface area contributed by atoms with Gasteiger partial charge in [-0.05, 0) is 12.1 Å². The lowest BCUT2D eigenvalue weighted by molar-refractivity contribution is -0.125. The highest BCUT2D eigenvalue weighted by molar-refractivity contribution is 7.89. The summed E-state index contributed by atoms with van der Waals surface area (Å²) in [5.74, 6) is -4.17. The van der Waals surface area contributed by atoms with E-state index in [1.165, 1.54) is 6.07 Å². The van der Waals surface area contributed by atoms with Gasteiger partial charge in [-0.3, -0.25) is 0 Å². The molecule has 0 unspecified atom stereocenters. The van der Waals surface area contributed by atoms with Crippen LogP contribution in [-0.2, 0) is 16.6 Å². The van der Waals surface area contributed by atoms with Gasteiger partial charge < -0.3 is 9.73 Å². The minimum atomic E-state index is -4.16. The predicted octanol–water partition coefficient (Wildman–Crippen LogP) is 0.917. The van der Waals surface area contributed by atoms with Gasteiger partial charge in [-0.1, -0.05) is 0 Å². The highest BCUT2D eigenvalue weighted by Crippen LogP contribution is 2.21. The third kappa shape index (κ3) is 3.96. The molecule has 0 aliphatic heterocycles. The van der Waals surface area contributed by atoms with Gasteiger partial charge in [0.25, 0.3) is 10.0 Å². The van der Waals surface area contributed by atoms with Crippen LogP contribution in [0, 0.1) is 0 Å². The van der Waals surface area contributed by atoms with Crippen molar-refractivity contribution in [3.05, 3.63) is 17.9 Å². The maximum Gasteiger partial charge on any atom is 0.319 e. The van der Waals surface area contributed by atoms with E-state index >= 15 is 0 Å². The first kappa shape index (κ1) is 14.9. The summed E-state index contributed by atoms with van der Waals surface area (Å²) < 4.78 is 74.9. The second-order valence-electron chi connectivity index (χ2n) is 3.43. The molecule has 0 aromatic carbocycles. The third-order valence-electron chi connectivity index (χ3n) is 1.90. The number of rotatable bonds is 6. The van der Waals surface area contributed by atoms with Crippen LogP contribution in [0.1, 0.15) is 5.76 Å². The van der Waals surface area contributed by atoms with Crippen LogP contribution >= 0.6 is 0 Å². The SMILES string of the molecule is NS(=O)(=O)c1ccc(CNCC(F)(F)C(F)F)o1. The van der Waals surface area contributed by atoms with Crippen molar-refractivity contribution in [3.8, 4) is 0 Å². The summed E-state index contributed by atoms with van der Waals surface area (Å²) in [5.41, 5.74) is 0. The molecule has 1 aromatic rings. The minimum absolute atomic E-state index is 0.0101. The maximum absolute atomic E-state index is 12.5. The van der Waals surface area contributed by atoms with E-state index < -0.39 is 34.0 Å². The quantitative estimate of drug-likeness (QED) is 0.763. The molecule has 18 heavy (non-hydrogen) atoms. The Morgan fingerprint density at radius 3 is 2.44 bits per heavy atom. The highest BCUT2D eigenvalue weighted by atomic mass is 32.2. The van der Waals surface area contributed by atoms with Crippen LogP contribution in [0.5, 0.6) is 0 Å². The van der Waals surface area contributed by atoms with Crippen LogP contribution in [0.4, 0.5) is 17.6 Å². The van der Waals surface area contributed by atoms with E-state index in [-0.39, 0.29) is 12.3 Å². The molecule has 0 atom stereocenters. The molecule has 0 saturated carbocycles. The number of alkyl halides is 4. The molecule has 0 aliphatic rings. The summed E-state index contributed by atoms with van der Waals surface area (Å²) in [4.78, 5) is 0. The fourth-order valence-corrected chi connectivity index (χ4v) is 1.52. The zero-order chi connectivity index (χ0) is 14.0. The van der Waals surface area contributed by atoms with Crippen molar-refractivity contribution in [2.75, 3.05) is 6.54 Å². The van der Waals surface area contributed by atoms with Gasteiger partial charge in [0.1, 0.15) is 5.76 Å². The number of sulfonamides is 1. The number of hydrogen-bond donors (Lipinski definition) is 2. The van der Waals surface area contributed by atoms with Gasteiger partial charge in [0.05, 0.1) is 13.1 Å². The molecule has 5 nitrogen and oxygen atoms in total. The normalized spacial score (nSPS) is 13.2. The van der Waals surface area contributed by atoms with Crippen molar-refractivity contribution in [3.63, 3.8) is 0 Å².